The molecule has 146 valence electrons. The van der Waals surface area contributed by atoms with Crippen LogP contribution in [0.2, 0.25) is 0 Å². The summed E-state index contributed by atoms with van der Waals surface area (Å²) in [7, 11) is 0. The predicted molar refractivity (Wildman–Crippen MR) is 113 cm³/mol. The van der Waals surface area contributed by atoms with Crippen LogP contribution in [0.25, 0.3) is 0 Å². The first-order valence-electron chi connectivity index (χ1n) is 10.5. The Morgan fingerprint density at radius 3 is 2.22 bits per heavy atom. The fraction of sp³-hybridized carbons (Fsp3) is 0.520. The smallest absolute Gasteiger partial charge is 0.119 e. The first-order valence-corrected chi connectivity index (χ1v) is 10.5. The summed E-state index contributed by atoms with van der Waals surface area (Å²) >= 11 is 0. The van der Waals surface area contributed by atoms with Gasteiger partial charge in [0, 0.05) is 11.1 Å². The number of aryl methyl sites for hydroxylation is 1. The van der Waals surface area contributed by atoms with Gasteiger partial charge in [0.05, 0.1) is 0 Å². The minimum atomic E-state index is -0.206. The van der Waals surface area contributed by atoms with E-state index in [9.17, 15) is 10.2 Å². The minimum Gasteiger partial charge on any atom is -0.508 e. The lowest BCUT2D eigenvalue weighted by atomic mass is 9.66. The normalized spacial score (nSPS) is 17.0. The van der Waals surface area contributed by atoms with Gasteiger partial charge in [-0.3, -0.25) is 0 Å². The molecule has 2 N–H and O–H groups in total. The molecule has 0 amide bonds. The summed E-state index contributed by atoms with van der Waals surface area (Å²) in [5.74, 6) is 0.693. The quantitative estimate of drug-likeness (QED) is 0.564. The first-order chi connectivity index (χ1) is 12.9. The molecule has 1 saturated carbocycles. The fourth-order valence-electron chi connectivity index (χ4n) is 4.82. The van der Waals surface area contributed by atoms with E-state index in [0.717, 1.165) is 43.2 Å². The minimum absolute atomic E-state index is 0.0204. The van der Waals surface area contributed by atoms with Crippen molar-refractivity contribution in [1.29, 1.82) is 0 Å². The Hall–Kier alpha value is -1.96. The van der Waals surface area contributed by atoms with Gasteiger partial charge in [0.25, 0.3) is 0 Å². The van der Waals surface area contributed by atoms with Crippen molar-refractivity contribution in [3.05, 3.63) is 59.2 Å². The molecule has 0 heterocycles. The predicted octanol–water partition coefficient (Wildman–Crippen LogP) is 6.62. The largest absolute Gasteiger partial charge is 0.508 e. The van der Waals surface area contributed by atoms with E-state index in [-0.39, 0.29) is 10.8 Å². The Balaban J connectivity index is 1.87. The summed E-state index contributed by atoms with van der Waals surface area (Å²) in [4.78, 5) is 0. The average Bonchev–Trinajstić information content (AvgIpc) is 2.69. The summed E-state index contributed by atoms with van der Waals surface area (Å²) in [6.45, 7) is 6.51. The van der Waals surface area contributed by atoms with Gasteiger partial charge in [-0.05, 0) is 60.6 Å². The maximum atomic E-state index is 10.9. The molecular weight excluding hydrogens is 332 g/mol. The van der Waals surface area contributed by atoms with E-state index in [1.165, 1.54) is 24.8 Å². The molecule has 0 saturated heterocycles. The molecule has 3 rings (SSSR count). The van der Waals surface area contributed by atoms with Gasteiger partial charge in [-0.15, -0.1) is 0 Å². The van der Waals surface area contributed by atoms with Gasteiger partial charge in [0.2, 0.25) is 0 Å². The van der Waals surface area contributed by atoms with Crippen LogP contribution in [0.5, 0.6) is 11.5 Å². The van der Waals surface area contributed by atoms with E-state index in [1.54, 1.807) is 0 Å². The molecule has 0 atom stereocenters. The van der Waals surface area contributed by atoms with Crippen LogP contribution in [0.3, 0.4) is 0 Å². The Morgan fingerprint density at radius 1 is 0.926 bits per heavy atom. The number of rotatable bonds is 6. The molecule has 0 aliphatic heterocycles. The lowest BCUT2D eigenvalue weighted by Gasteiger charge is -2.38. The molecule has 27 heavy (non-hydrogen) atoms. The highest BCUT2D eigenvalue weighted by atomic mass is 16.3. The number of aromatic hydroxyl groups is 2. The number of benzene rings is 2. The van der Waals surface area contributed by atoms with Crippen molar-refractivity contribution in [2.45, 2.75) is 83.0 Å². The van der Waals surface area contributed by atoms with Crippen LogP contribution in [-0.2, 0) is 17.3 Å². The van der Waals surface area contributed by atoms with Crippen LogP contribution in [-0.4, -0.2) is 10.2 Å². The number of hydrogen-bond acceptors (Lipinski definition) is 2. The van der Waals surface area contributed by atoms with Crippen molar-refractivity contribution in [2.24, 2.45) is 0 Å². The van der Waals surface area contributed by atoms with E-state index < -0.39 is 0 Å². The summed E-state index contributed by atoms with van der Waals surface area (Å²) in [5.41, 5.74) is 2.92. The Labute approximate surface area is 164 Å². The lowest BCUT2D eigenvalue weighted by molar-refractivity contribution is 0.272. The summed E-state index contributed by atoms with van der Waals surface area (Å²) in [5, 5.41) is 21.8. The maximum absolute atomic E-state index is 10.9. The van der Waals surface area contributed by atoms with Crippen LogP contribution in [0.15, 0.2) is 42.5 Å². The van der Waals surface area contributed by atoms with Crippen LogP contribution < -0.4 is 0 Å². The highest BCUT2D eigenvalue weighted by Gasteiger charge is 2.36. The molecule has 0 spiro atoms. The monoisotopic (exact) mass is 366 g/mol. The van der Waals surface area contributed by atoms with Gasteiger partial charge in [-0.1, -0.05) is 70.4 Å². The zero-order chi connectivity index (χ0) is 19.5. The molecule has 2 aromatic rings. The van der Waals surface area contributed by atoms with Gasteiger partial charge in [0.1, 0.15) is 11.5 Å². The molecule has 2 nitrogen and oxygen atoms in total. The van der Waals surface area contributed by atoms with Crippen molar-refractivity contribution in [1.82, 2.24) is 0 Å². The molecule has 1 aliphatic rings. The topological polar surface area (TPSA) is 40.5 Å². The number of phenolic OH excluding ortho intramolecular Hbond substituents is 2. The van der Waals surface area contributed by atoms with Crippen LogP contribution in [0.1, 0.15) is 82.4 Å². The molecule has 2 aromatic carbocycles. The van der Waals surface area contributed by atoms with E-state index in [4.69, 9.17) is 0 Å². The fourth-order valence-corrected chi connectivity index (χ4v) is 4.82. The van der Waals surface area contributed by atoms with Crippen LogP contribution >= 0.6 is 0 Å². The maximum Gasteiger partial charge on any atom is 0.119 e. The molecule has 0 aromatic heterocycles. The Morgan fingerprint density at radius 2 is 1.59 bits per heavy atom. The van der Waals surface area contributed by atoms with E-state index in [2.05, 4.69) is 45.0 Å². The summed E-state index contributed by atoms with van der Waals surface area (Å²) < 4.78 is 0. The zero-order valence-electron chi connectivity index (χ0n) is 17.1. The second-order valence-electron chi connectivity index (χ2n) is 8.95. The van der Waals surface area contributed by atoms with Crippen molar-refractivity contribution in [2.75, 3.05) is 0 Å². The lowest BCUT2D eigenvalue weighted by Crippen LogP contribution is -2.28. The van der Waals surface area contributed by atoms with Crippen molar-refractivity contribution >= 4 is 0 Å². The third-order valence-electron chi connectivity index (χ3n) is 6.78. The Bertz CT molecular complexity index is 755. The van der Waals surface area contributed by atoms with Gasteiger partial charge in [-0.25, -0.2) is 0 Å². The van der Waals surface area contributed by atoms with E-state index in [0.29, 0.717) is 11.5 Å². The molecule has 0 unspecified atom stereocenters. The molecule has 2 heteroatoms. The second-order valence-corrected chi connectivity index (χ2v) is 8.95. The highest BCUT2D eigenvalue weighted by molar-refractivity contribution is 5.51. The standard InChI is InChI=1S/C25H34O2/c1-4-25(14-9-6-10-15-25)21-18-22(26)20(17-23(21)27)24(2,3)16-13-19-11-7-5-8-12-19/h5,7-8,11-12,17-18,26-27H,4,6,9-10,13-16H2,1-3H3. The molecular formula is C25H34O2. The highest BCUT2D eigenvalue weighted by Crippen LogP contribution is 2.48. The summed E-state index contributed by atoms with van der Waals surface area (Å²) in [6, 6.07) is 14.1. The van der Waals surface area contributed by atoms with E-state index >= 15 is 0 Å². The SMILES string of the molecule is CCC1(c2cc(O)c(C(C)(C)CCc3ccccc3)cc2O)CCCCC1. The first kappa shape index (κ1) is 19.8. The second kappa shape index (κ2) is 7.96. The third-order valence-corrected chi connectivity index (χ3v) is 6.78. The van der Waals surface area contributed by atoms with Gasteiger partial charge >= 0.3 is 0 Å². The number of phenols is 2. The number of hydrogen-bond donors (Lipinski definition) is 2. The van der Waals surface area contributed by atoms with Crippen molar-refractivity contribution in [3.63, 3.8) is 0 Å². The van der Waals surface area contributed by atoms with E-state index in [1.807, 2.05) is 18.2 Å². The zero-order valence-corrected chi connectivity index (χ0v) is 17.1. The molecule has 1 aliphatic carbocycles. The van der Waals surface area contributed by atoms with Crippen molar-refractivity contribution in [3.8, 4) is 11.5 Å². The Kier molecular flexibility index (Phi) is 5.83. The van der Waals surface area contributed by atoms with Gasteiger partial charge < -0.3 is 10.2 Å². The molecule has 0 radical (unpaired) electrons. The summed E-state index contributed by atoms with van der Waals surface area (Å²) in [6.07, 6.45) is 8.78. The average molecular weight is 367 g/mol. The van der Waals surface area contributed by atoms with Gasteiger partial charge in [-0.2, -0.15) is 0 Å². The third kappa shape index (κ3) is 4.15. The molecule has 1 fully saturated rings. The van der Waals surface area contributed by atoms with Gasteiger partial charge in [0.15, 0.2) is 0 Å². The van der Waals surface area contributed by atoms with Crippen LogP contribution in [0, 0.1) is 0 Å². The van der Waals surface area contributed by atoms with Crippen LogP contribution in [0.4, 0.5) is 0 Å². The molecule has 0 bridgehead atoms. The van der Waals surface area contributed by atoms with Crippen molar-refractivity contribution < 1.29 is 10.2 Å².